The van der Waals surface area contributed by atoms with Crippen molar-refractivity contribution in [2.24, 2.45) is 0 Å². The second kappa shape index (κ2) is 20.6. The standard InChI is InChI=1S/3C25H19N/c1-18-8-7-9-19(16-18)20-14-15-25-23(17-20)22-12-5-6-13-24(22)26(25)21-10-3-2-4-11-21;1-18-9-5-6-12-21(18)19-15-16-25-23(17-19)22-13-7-8-14-24(22)26(25)20-10-3-2-4-11-20;1-18-11-13-19(14-12-18)20-15-16-25-23(17-20)22-9-5-6-10-24(22)26(25)21-7-3-2-4-8-21/h3*2-17H,1H3. The third-order valence-electron chi connectivity index (χ3n) is 15.3. The highest BCUT2D eigenvalue weighted by Gasteiger charge is 2.16. The molecule has 3 heteroatoms. The molecule has 3 heterocycles. The van der Waals surface area contributed by atoms with Crippen LogP contribution in [-0.4, -0.2) is 13.7 Å². The summed E-state index contributed by atoms with van der Waals surface area (Å²) in [5, 5.41) is 7.76. The van der Waals surface area contributed by atoms with Crippen molar-refractivity contribution in [3.63, 3.8) is 0 Å². The summed E-state index contributed by atoms with van der Waals surface area (Å²) < 4.78 is 7.06. The highest BCUT2D eigenvalue weighted by Crippen LogP contribution is 2.38. The maximum Gasteiger partial charge on any atom is 0.0541 e. The van der Waals surface area contributed by atoms with Crippen molar-refractivity contribution in [2.45, 2.75) is 20.8 Å². The number of para-hydroxylation sites is 6. The number of hydrogen-bond donors (Lipinski definition) is 0. The molecular formula is C75H57N3. The molecule has 372 valence electrons. The van der Waals surface area contributed by atoms with Crippen LogP contribution in [-0.2, 0) is 0 Å². The first kappa shape index (κ1) is 47.7. The van der Waals surface area contributed by atoms with Crippen molar-refractivity contribution in [2.75, 3.05) is 0 Å². The lowest BCUT2D eigenvalue weighted by molar-refractivity contribution is 1.18. The van der Waals surface area contributed by atoms with Crippen LogP contribution >= 0.6 is 0 Å². The van der Waals surface area contributed by atoms with Crippen LogP contribution in [0.15, 0.2) is 291 Å². The Hall–Kier alpha value is -9.96. The van der Waals surface area contributed by atoms with Gasteiger partial charge in [0.05, 0.1) is 33.1 Å². The van der Waals surface area contributed by atoms with Crippen LogP contribution in [0.2, 0.25) is 0 Å². The zero-order chi connectivity index (χ0) is 52.5. The van der Waals surface area contributed by atoms with Gasteiger partial charge in [0.25, 0.3) is 0 Å². The van der Waals surface area contributed by atoms with E-state index in [9.17, 15) is 0 Å². The molecular weight excluding hydrogens is 943 g/mol. The Morgan fingerprint density at radius 2 is 0.551 bits per heavy atom. The highest BCUT2D eigenvalue weighted by molar-refractivity contribution is 6.12. The SMILES string of the molecule is Cc1ccc(-c2ccc3c(c2)c2ccccc2n3-c2ccccc2)cc1.Cc1cccc(-c2ccc3c(c2)c2ccccc2n3-c2ccccc2)c1.Cc1ccccc1-c1ccc2c(c1)c1ccccc1n2-c1ccccc1. The molecule has 0 saturated heterocycles. The molecule has 15 rings (SSSR count). The molecule has 0 N–H and O–H groups in total. The lowest BCUT2D eigenvalue weighted by atomic mass is 9.99. The van der Waals surface area contributed by atoms with Gasteiger partial charge in [-0.05, 0) is 151 Å². The summed E-state index contributed by atoms with van der Waals surface area (Å²) in [5.74, 6) is 0. The zero-order valence-corrected chi connectivity index (χ0v) is 44.1. The molecule has 0 unspecified atom stereocenters. The van der Waals surface area contributed by atoms with Gasteiger partial charge in [-0.2, -0.15) is 0 Å². The van der Waals surface area contributed by atoms with E-state index in [0.717, 1.165) is 0 Å². The van der Waals surface area contributed by atoms with Gasteiger partial charge in [0.2, 0.25) is 0 Å². The number of benzene rings is 12. The fourth-order valence-corrected chi connectivity index (χ4v) is 11.5. The number of rotatable bonds is 6. The Kier molecular flexibility index (Phi) is 12.6. The molecule has 78 heavy (non-hydrogen) atoms. The summed E-state index contributed by atoms with van der Waals surface area (Å²) in [4.78, 5) is 0. The van der Waals surface area contributed by atoms with Crippen LogP contribution < -0.4 is 0 Å². The first-order chi connectivity index (χ1) is 38.4. The number of nitrogens with zero attached hydrogens (tertiary/aromatic N) is 3. The zero-order valence-electron chi connectivity index (χ0n) is 44.1. The molecule has 0 aliphatic rings. The van der Waals surface area contributed by atoms with Crippen molar-refractivity contribution in [3.8, 4) is 50.4 Å². The molecule has 0 bridgehead atoms. The normalized spacial score (nSPS) is 11.3. The van der Waals surface area contributed by atoms with Crippen LogP contribution in [0.4, 0.5) is 0 Å². The Morgan fingerprint density at radius 3 is 1.00 bits per heavy atom. The minimum atomic E-state index is 1.20. The topological polar surface area (TPSA) is 14.8 Å². The molecule has 0 aliphatic heterocycles. The summed E-state index contributed by atoms with van der Waals surface area (Å²) in [5.41, 5.74) is 22.5. The van der Waals surface area contributed by atoms with Gasteiger partial charge in [-0.25, -0.2) is 0 Å². The average molecular weight is 1000 g/mol. The van der Waals surface area contributed by atoms with Crippen LogP contribution in [0.25, 0.3) is 116 Å². The second-order valence-corrected chi connectivity index (χ2v) is 20.3. The molecule has 3 aromatic heterocycles. The minimum Gasteiger partial charge on any atom is -0.309 e. The van der Waals surface area contributed by atoms with Gasteiger partial charge in [0.15, 0.2) is 0 Å². The van der Waals surface area contributed by atoms with Crippen LogP contribution in [0.1, 0.15) is 16.7 Å². The van der Waals surface area contributed by atoms with Crippen molar-refractivity contribution in [1.82, 2.24) is 13.7 Å². The van der Waals surface area contributed by atoms with Gasteiger partial charge >= 0.3 is 0 Å². The molecule has 15 aromatic rings. The molecule has 0 saturated carbocycles. The van der Waals surface area contributed by atoms with Gasteiger partial charge in [0.1, 0.15) is 0 Å². The van der Waals surface area contributed by atoms with E-state index in [-0.39, 0.29) is 0 Å². The minimum absolute atomic E-state index is 1.20. The van der Waals surface area contributed by atoms with Gasteiger partial charge in [-0.3, -0.25) is 0 Å². The lowest BCUT2D eigenvalue weighted by Gasteiger charge is -2.09. The summed E-state index contributed by atoms with van der Waals surface area (Å²) in [7, 11) is 0. The third-order valence-corrected chi connectivity index (χ3v) is 15.3. The molecule has 0 amide bonds. The first-order valence-electron chi connectivity index (χ1n) is 26.9. The van der Waals surface area contributed by atoms with Crippen LogP contribution in [0, 0.1) is 20.8 Å². The molecule has 0 fully saturated rings. The van der Waals surface area contributed by atoms with Gasteiger partial charge in [-0.15, -0.1) is 0 Å². The van der Waals surface area contributed by atoms with Crippen molar-refractivity contribution < 1.29 is 0 Å². The molecule has 3 nitrogen and oxygen atoms in total. The molecule has 0 spiro atoms. The van der Waals surface area contributed by atoms with Gasteiger partial charge in [0, 0.05) is 49.4 Å². The van der Waals surface area contributed by atoms with E-state index in [0.29, 0.717) is 0 Å². The van der Waals surface area contributed by atoms with Gasteiger partial charge in [-0.1, -0.05) is 211 Å². The molecule has 12 aromatic carbocycles. The molecule has 0 atom stereocenters. The van der Waals surface area contributed by atoms with E-state index < -0.39 is 0 Å². The smallest absolute Gasteiger partial charge is 0.0541 e. The maximum atomic E-state index is 2.35. The van der Waals surface area contributed by atoms with E-state index in [1.165, 1.54) is 133 Å². The Labute approximate surface area is 455 Å². The Morgan fingerprint density at radius 1 is 0.205 bits per heavy atom. The number of fused-ring (bicyclic) bond motifs is 9. The molecule has 0 radical (unpaired) electrons. The predicted molar refractivity (Wildman–Crippen MR) is 333 cm³/mol. The quantitative estimate of drug-likeness (QED) is 0.158. The van der Waals surface area contributed by atoms with Crippen molar-refractivity contribution in [1.29, 1.82) is 0 Å². The summed E-state index contributed by atoms with van der Waals surface area (Å²) in [6.07, 6.45) is 0. The average Bonchev–Trinajstić information content (AvgIpc) is 4.33. The van der Waals surface area contributed by atoms with Crippen LogP contribution in [0.3, 0.4) is 0 Å². The third kappa shape index (κ3) is 8.91. The Bertz CT molecular complexity index is 4620. The van der Waals surface area contributed by atoms with Gasteiger partial charge < -0.3 is 13.7 Å². The monoisotopic (exact) mass is 999 g/mol. The van der Waals surface area contributed by atoms with E-state index in [1.807, 2.05) is 0 Å². The first-order valence-corrected chi connectivity index (χ1v) is 26.9. The molecule has 0 aliphatic carbocycles. The van der Waals surface area contributed by atoms with E-state index in [1.54, 1.807) is 0 Å². The fraction of sp³-hybridized carbons (Fsp3) is 0.0400. The summed E-state index contributed by atoms with van der Waals surface area (Å²) in [6.45, 7) is 6.44. The maximum absolute atomic E-state index is 2.35. The number of hydrogen-bond acceptors (Lipinski definition) is 0. The second-order valence-electron chi connectivity index (χ2n) is 20.3. The van der Waals surface area contributed by atoms with Crippen LogP contribution in [0.5, 0.6) is 0 Å². The fourth-order valence-electron chi connectivity index (χ4n) is 11.5. The summed E-state index contributed by atoms with van der Waals surface area (Å²) in [6, 6.07) is 104. The van der Waals surface area contributed by atoms with Crippen molar-refractivity contribution >= 4 is 65.4 Å². The number of aromatic nitrogens is 3. The van der Waals surface area contributed by atoms with E-state index >= 15 is 0 Å². The Balaban J connectivity index is 0.000000111. The summed E-state index contributed by atoms with van der Waals surface area (Å²) >= 11 is 0. The van der Waals surface area contributed by atoms with Crippen molar-refractivity contribution in [3.05, 3.63) is 308 Å². The van der Waals surface area contributed by atoms with E-state index in [4.69, 9.17) is 0 Å². The predicted octanol–water partition coefficient (Wildman–Crippen LogP) is 20.3. The van der Waals surface area contributed by atoms with E-state index in [2.05, 4.69) is 326 Å². The number of aryl methyl sites for hydroxylation is 3. The lowest BCUT2D eigenvalue weighted by Crippen LogP contribution is -1.92. The largest absolute Gasteiger partial charge is 0.309 e. The highest BCUT2D eigenvalue weighted by atomic mass is 15.0.